The smallest absolute Gasteiger partial charge is 0.429 e. The zero-order valence-electron chi connectivity index (χ0n) is 10.6. The zero-order valence-corrected chi connectivity index (χ0v) is 10.6. The van der Waals surface area contributed by atoms with Crippen molar-refractivity contribution in [3.8, 4) is 0 Å². The summed E-state index contributed by atoms with van der Waals surface area (Å²) in [6.45, 7) is 6.09. The van der Waals surface area contributed by atoms with E-state index in [9.17, 15) is 9.59 Å². The number of hydrogen-bond donors (Lipinski definition) is 1. The molecule has 0 aromatic rings. The van der Waals surface area contributed by atoms with E-state index in [4.69, 9.17) is 4.74 Å². The van der Waals surface area contributed by atoms with E-state index in [2.05, 4.69) is 10.2 Å². The normalized spacial score (nSPS) is 10.1. The average molecular weight is 244 g/mol. The summed E-state index contributed by atoms with van der Waals surface area (Å²) in [5.41, 5.74) is 2.31. The Hall–Kier alpha value is -1.72. The van der Waals surface area contributed by atoms with Gasteiger partial charge < -0.3 is 9.47 Å². The minimum absolute atomic E-state index is 0.242. The monoisotopic (exact) mass is 244 g/mol. The second kappa shape index (κ2) is 9.50. The van der Waals surface area contributed by atoms with Crippen LogP contribution in [0.4, 0.5) is 9.59 Å². The fourth-order valence-corrected chi connectivity index (χ4v) is 0.987. The minimum Gasteiger partial charge on any atom is -0.449 e. The number of nitrogens with zero attached hydrogens (tertiary/aromatic N) is 1. The van der Waals surface area contributed by atoms with Crippen molar-refractivity contribution in [3.05, 3.63) is 12.2 Å². The number of amides is 2. The van der Waals surface area contributed by atoms with Crippen LogP contribution < -0.4 is 5.43 Å². The summed E-state index contributed by atoms with van der Waals surface area (Å²) < 4.78 is 9.48. The van der Waals surface area contributed by atoms with Gasteiger partial charge in [-0.1, -0.05) is 19.1 Å². The highest BCUT2D eigenvalue weighted by molar-refractivity contribution is 5.74. The first kappa shape index (κ1) is 15.3. The van der Waals surface area contributed by atoms with Crippen molar-refractivity contribution in [1.29, 1.82) is 0 Å². The van der Waals surface area contributed by atoms with Crippen molar-refractivity contribution in [1.82, 2.24) is 10.4 Å². The molecule has 0 aromatic carbocycles. The standard InChI is InChI=1S/C11H20N2O4/c1-4-7-8-9-13(11(15)17-6-3)12-10(14)16-5-2/h7-8H,4-6,9H2,1-3H3,(H,12,14). The molecule has 0 fully saturated rings. The van der Waals surface area contributed by atoms with Crippen LogP contribution in [0.5, 0.6) is 0 Å². The Balaban J connectivity index is 4.33. The van der Waals surface area contributed by atoms with Crippen LogP contribution in [-0.4, -0.2) is 37.0 Å². The first-order chi connectivity index (χ1) is 8.15. The Bertz CT molecular complexity index is 266. The third-order valence-electron chi connectivity index (χ3n) is 1.68. The number of ether oxygens (including phenoxy) is 2. The lowest BCUT2D eigenvalue weighted by Crippen LogP contribution is -2.46. The molecule has 0 radical (unpaired) electrons. The van der Waals surface area contributed by atoms with Crippen LogP contribution >= 0.6 is 0 Å². The summed E-state index contributed by atoms with van der Waals surface area (Å²) in [5, 5.41) is 1.06. The van der Waals surface area contributed by atoms with Gasteiger partial charge in [0.15, 0.2) is 0 Å². The molecule has 6 heteroatoms. The molecule has 0 heterocycles. The number of nitrogens with one attached hydrogen (secondary N) is 1. The number of hydrogen-bond acceptors (Lipinski definition) is 4. The van der Waals surface area contributed by atoms with E-state index in [1.807, 2.05) is 13.0 Å². The highest BCUT2D eigenvalue weighted by atomic mass is 16.6. The Morgan fingerprint density at radius 2 is 1.76 bits per heavy atom. The predicted molar refractivity (Wildman–Crippen MR) is 63.3 cm³/mol. The van der Waals surface area contributed by atoms with Crippen LogP contribution in [-0.2, 0) is 9.47 Å². The van der Waals surface area contributed by atoms with Crippen molar-refractivity contribution in [2.75, 3.05) is 19.8 Å². The fraction of sp³-hybridized carbons (Fsp3) is 0.636. The van der Waals surface area contributed by atoms with Gasteiger partial charge >= 0.3 is 12.2 Å². The van der Waals surface area contributed by atoms with E-state index in [1.165, 1.54) is 0 Å². The molecule has 17 heavy (non-hydrogen) atoms. The van der Waals surface area contributed by atoms with Crippen LogP contribution in [0.1, 0.15) is 27.2 Å². The minimum atomic E-state index is -0.676. The average Bonchev–Trinajstić information content (AvgIpc) is 2.28. The molecule has 0 aliphatic rings. The third kappa shape index (κ3) is 7.21. The molecule has 0 bridgehead atoms. The molecule has 0 atom stereocenters. The molecule has 6 nitrogen and oxygen atoms in total. The zero-order chi connectivity index (χ0) is 13.1. The van der Waals surface area contributed by atoms with Gasteiger partial charge in [-0.2, -0.15) is 0 Å². The second-order valence-corrected chi connectivity index (χ2v) is 3.02. The van der Waals surface area contributed by atoms with E-state index >= 15 is 0 Å². The maximum absolute atomic E-state index is 11.5. The van der Waals surface area contributed by atoms with Crippen LogP contribution in [0.2, 0.25) is 0 Å². The molecule has 0 spiro atoms. The molecule has 1 N–H and O–H groups in total. The number of carbonyl (C=O) groups is 2. The Morgan fingerprint density at radius 3 is 2.29 bits per heavy atom. The van der Waals surface area contributed by atoms with Crippen molar-refractivity contribution >= 4 is 12.2 Å². The largest absolute Gasteiger partial charge is 0.449 e. The van der Waals surface area contributed by atoms with Gasteiger partial charge in [-0.3, -0.25) is 0 Å². The molecule has 0 unspecified atom stereocenters. The van der Waals surface area contributed by atoms with Crippen LogP contribution in [0.25, 0.3) is 0 Å². The maximum atomic E-state index is 11.5. The van der Waals surface area contributed by atoms with Crippen molar-refractivity contribution in [2.24, 2.45) is 0 Å². The van der Waals surface area contributed by atoms with E-state index in [-0.39, 0.29) is 19.8 Å². The van der Waals surface area contributed by atoms with E-state index in [0.717, 1.165) is 11.4 Å². The molecular formula is C11H20N2O4. The summed E-state index contributed by atoms with van der Waals surface area (Å²) in [4.78, 5) is 22.7. The quantitative estimate of drug-likeness (QED) is 0.594. The highest BCUT2D eigenvalue weighted by Crippen LogP contribution is 1.93. The van der Waals surface area contributed by atoms with E-state index < -0.39 is 12.2 Å². The predicted octanol–water partition coefficient (Wildman–Crippen LogP) is 2.07. The molecule has 0 saturated carbocycles. The highest BCUT2D eigenvalue weighted by Gasteiger charge is 2.16. The van der Waals surface area contributed by atoms with Gasteiger partial charge in [-0.25, -0.2) is 20.0 Å². The summed E-state index contributed by atoms with van der Waals surface area (Å²) >= 11 is 0. The SMILES string of the molecule is CCC=CCN(NC(=O)OCC)C(=O)OCC. The lowest BCUT2D eigenvalue weighted by Gasteiger charge is -2.20. The maximum Gasteiger partial charge on any atom is 0.429 e. The summed E-state index contributed by atoms with van der Waals surface area (Å²) in [6.07, 6.45) is 3.23. The van der Waals surface area contributed by atoms with Crippen molar-refractivity contribution in [2.45, 2.75) is 27.2 Å². The van der Waals surface area contributed by atoms with Crippen LogP contribution in [0, 0.1) is 0 Å². The lowest BCUT2D eigenvalue weighted by atomic mass is 10.4. The number of rotatable bonds is 5. The topological polar surface area (TPSA) is 67.9 Å². The molecule has 0 aromatic heterocycles. The van der Waals surface area contributed by atoms with E-state index in [1.54, 1.807) is 19.9 Å². The molecule has 98 valence electrons. The first-order valence-corrected chi connectivity index (χ1v) is 5.68. The summed E-state index contributed by atoms with van der Waals surface area (Å²) in [6, 6.07) is 0. The second-order valence-electron chi connectivity index (χ2n) is 3.02. The number of carbonyl (C=O) groups excluding carboxylic acids is 2. The molecule has 0 rings (SSSR count). The van der Waals surface area contributed by atoms with Gasteiger partial charge in [0.2, 0.25) is 0 Å². The first-order valence-electron chi connectivity index (χ1n) is 5.68. The molecular weight excluding hydrogens is 224 g/mol. The Kier molecular flexibility index (Phi) is 8.54. The fourth-order valence-electron chi connectivity index (χ4n) is 0.987. The Labute approximate surface area is 102 Å². The number of hydrazine groups is 1. The van der Waals surface area contributed by atoms with Gasteiger partial charge in [-0.05, 0) is 20.3 Å². The molecule has 0 aliphatic carbocycles. The van der Waals surface area contributed by atoms with Crippen molar-refractivity contribution < 1.29 is 19.1 Å². The Morgan fingerprint density at radius 1 is 1.12 bits per heavy atom. The number of allylic oxidation sites excluding steroid dienone is 1. The third-order valence-corrected chi connectivity index (χ3v) is 1.68. The summed E-state index contributed by atoms with van der Waals surface area (Å²) in [5.74, 6) is 0. The van der Waals surface area contributed by atoms with Gasteiger partial charge in [0.05, 0.1) is 19.8 Å². The van der Waals surface area contributed by atoms with Gasteiger partial charge in [0.1, 0.15) is 0 Å². The molecule has 0 saturated heterocycles. The van der Waals surface area contributed by atoms with Gasteiger partial charge in [0, 0.05) is 0 Å². The van der Waals surface area contributed by atoms with Crippen molar-refractivity contribution in [3.63, 3.8) is 0 Å². The molecule has 0 aliphatic heterocycles. The van der Waals surface area contributed by atoms with Crippen LogP contribution in [0.3, 0.4) is 0 Å². The van der Waals surface area contributed by atoms with Crippen LogP contribution in [0.15, 0.2) is 12.2 Å². The van der Waals surface area contributed by atoms with Gasteiger partial charge in [-0.15, -0.1) is 0 Å². The molecule has 2 amide bonds. The summed E-state index contributed by atoms with van der Waals surface area (Å²) in [7, 11) is 0. The lowest BCUT2D eigenvalue weighted by molar-refractivity contribution is 0.0791. The van der Waals surface area contributed by atoms with E-state index in [0.29, 0.717) is 0 Å². The van der Waals surface area contributed by atoms with Gasteiger partial charge in [0.25, 0.3) is 0 Å².